The Labute approximate surface area is 116 Å². The molecule has 19 heavy (non-hydrogen) atoms. The molecule has 1 heterocycles. The second-order valence-corrected chi connectivity index (χ2v) is 5.73. The minimum Gasteiger partial charge on any atom is -0.303 e. The van der Waals surface area contributed by atoms with Crippen LogP contribution in [0.4, 0.5) is 8.78 Å². The van der Waals surface area contributed by atoms with E-state index in [1.54, 1.807) is 18.3 Å². The van der Waals surface area contributed by atoms with Crippen LogP contribution in [-0.4, -0.2) is 0 Å². The van der Waals surface area contributed by atoms with E-state index < -0.39 is 0 Å². The molecule has 0 saturated heterocycles. The van der Waals surface area contributed by atoms with Crippen LogP contribution in [0.25, 0.3) is 0 Å². The summed E-state index contributed by atoms with van der Waals surface area (Å²) in [7, 11) is 0. The van der Waals surface area contributed by atoms with Gasteiger partial charge in [0.1, 0.15) is 11.6 Å². The van der Waals surface area contributed by atoms with E-state index in [-0.39, 0.29) is 23.7 Å². The summed E-state index contributed by atoms with van der Waals surface area (Å²) in [6, 6.07) is 6.41. The number of halogens is 2. The SMILES string of the molecule is Cc1cc(F)c(C(C)N[C@@H](C)c2cccs2)cc1F. The van der Waals surface area contributed by atoms with Gasteiger partial charge < -0.3 is 5.32 Å². The average Bonchev–Trinajstić information content (AvgIpc) is 2.87. The van der Waals surface area contributed by atoms with Gasteiger partial charge >= 0.3 is 0 Å². The largest absolute Gasteiger partial charge is 0.303 e. The van der Waals surface area contributed by atoms with Gasteiger partial charge in [-0.15, -0.1) is 11.3 Å². The van der Waals surface area contributed by atoms with Crippen LogP contribution in [0.3, 0.4) is 0 Å². The van der Waals surface area contributed by atoms with E-state index in [9.17, 15) is 8.78 Å². The first kappa shape index (κ1) is 14.2. The molecule has 1 unspecified atom stereocenters. The molecule has 102 valence electrons. The van der Waals surface area contributed by atoms with E-state index in [1.165, 1.54) is 17.0 Å². The van der Waals surface area contributed by atoms with Gasteiger partial charge in [-0.05, 0) is 49.9 Å². The first-order valence-electron chi connectivity index (χ1n) is 6.24. The van der Waals surface area contributed by atoms with Gasteiger partial charge in [0.15, 0.2) is 0 Å². The summed E-state index contributed by atoms with van der Waals surface area (Å²) in [6.07, 6.45) is 0. The van der Waals surface area contributed by atoms with Crippen molar-refractivity contribution < 1.29 is 8.78 Å². The second-order valence-electron chi connectivity index (χ2n) is 4.75. The van der Waals surface area contributed by atoms with Gasteiger partial charge in [0.2, 0.25) is 0 Å². The van der Waals surface area contributed by atoms with Crippen molar-refractivity contribution >= 4 is 11.3 Å². The van der Waals surface area contributed by atoms with Crippen molar-refractivity contribution in [2.75, 3.05) is 0 Å². The van der Waals surface area contributed by atoms with E-state index >= 15 is 0 Å². The van der Waals surface area contributed by atoms with Crippen LogP contribution < -0.4 is 5.32 Å². The molecular formula is C15H17F2NS. The molecular weight excluding hydrogens is 264 g/mol. The van der Waals surface area contributed by atoms with Crippen LogP contribution in [0.15, 0.2) is 29.6 Å². The van der Waals surface area contributed by atoms with Gasteiger partial charge in [0.05, 0.1) is 0 Å². The van der Waals surface area contributed by atoms with Gasteiger partial charge in [0, 0.05) is 22.5 Å². The summed E-state index contributed by atoms with van der Waals surface area (Å²) in [4.78, 5) is 1.18. The third kappa shape index (κ3) is 3.19. The molecule has 0 radical (unpaired) electrons. The van der Waals surface area contributed by atoms with E-state index in [0.717, 1.165) is 0 Å². The zero-order valence-corrected chi connectivity index (χ0v) is 12.0. The van der Waals surface area contributed by atoms with Crippen LogP contribution in [-0.2, 0) is 0 Å². The lowest BCUT2D eigenvalue weighted by Gasteiger charge is -2.20. The van der Waals surface area contributed by atoms with Crippen LogP contribution in [0, 0.1) is 18.6 Å². The van der Waals surface area contributed by atoms with E-state index in [2.05, 4.69) is 5.32 Å². The van der Waals surface area contributed by atoms with Gasteiger partial charge in [-0.3, -0.25) is 0 Å². The smallest absolute Gasteiger partial charge is 0.128 e. The monoisotopic (exact) mass is 281 g/mol. The van der Waals surface area contributed by atoms with Gasteiger partial charge in [0.25, 0.3) is 0 Å². The fourth-order valence-electron chi connectivity index (χ4n) is 2.08. The number of thiophene rings is 1. The Morgan fingerprint density at radius 2 is 1.84 bits per heavy atom. The Kier molecular flexibility index (Phi) is 4.32. The van der Waals surface area contributed by atoms with Crippen molar-refractivity contribution in [2.24, 2.45) is 0 Å². The molecule has 4 heteroatoms. The summed E-state index contributed by atoms with van der Waals surface area (Å²) >= 11 is 1.65. The number of benzene rings is 1. The maximum atomic E-state index is 13.9. The number of hydrogen-bond acceptors (Lipinski definition) is 2. The van der Waals surface area contributed by atoms with Crippen LogP contribution in [0.2, 0.25) is 0 Å². The Morgan fingerprint density at radius 1 is 1.11 bits per heavy atom. The Hall–Kier alpha value is -1.26. The van der Waals surface area contributed by atoms with Gasteiger partial charge in [-0.1, -0.05) is 6.07 Å². The maximum absolute atomic E-state index is 13.9. The van der Waals surface area contributed by atoms with E-state index in [0.29, 0.717) is 11.1 Å². The number of nitrogens with one attached hydrogen (secondary N) is 1. The summed E-state index contributed by atoms with van der Waals surface area (Å²) in [5.74, 6) is -0.730. The number of hydrogen-bond donors (Lipinski definition) is 1. The Bertz CT molecular complexity index is 552. The third-order valence-corrected chi connectivity index (χ3v) is 4.27. The summed E-state index contributed by atoms with van der Waals surface area (Å²) in [5.41, 5.74) is 0.700. The van der Waals surface area contributed by atoms with Crippen molar-refractivity contribution in [1.82, 2.24) is 5.32 Å². The molecule has 2 rings (SSSR count). The predicted molar refractivity (Wildman–Crippen MR) is 75.4 cm³/mol. The van der Waals surface area contributed by atoms with Gasteiger partial charge in [-0.2, -0.15) is 0 Å². The lowest BCUT2D eigenvalue weighted by molar-refractivity contribution is 0.473. The molecule has 1 N–H and O–H groups in total. The quantitative estimate of drug-likeness (QED) is 0.853. The van der Waals surface area contributed by atoms with Crippen LogP contribution >= 0.6 is 11.3 Å². The molecule has 0 saturated carbocycles. The highest BCUT2D eigenvalue weighted by Gasteiger charge is 2.16. The molecule has 0 bridgehead atoms. The molecule has 0 aliphatic rings. The van der Waals surface area contributed by atoms with E-state index in [1.807, 2.05) is 31.4 Å². The van der Waals surface area contributed by atoms with Gasteiger partial charge in [-0.25, -0.2) is 8.78 Å². The zero-order valence-electron chi connectivity index (χ0n) is 11.2. The number of rotatable bonds is 4. The fraction of sp³-hybridized carbons (Fsp3) is 0.333. The normalized spacial score (nSPS) is 14.4. The van der Waals surface area contributed by atoms with Crippen LogP contribution in [0.1, 0.15) is 41.9 Å². The highest BCUT2D eigenvalue weighted by atomic mass is 32.1. The van der Waals surface area contributed by atoms with Crippen LogP contribution in [0.5, 0.6) is 0 Å². The lowest BCUT2D eigenvalue weighted by Crippen LogP contribution is -2.22. The van der Waals surface area contributed by atoms with Crippen molar-refractivity contribution in [3.05, 3.63) is 57.3 Å². The molecule has 1 nitrogen and oxygen atoms in total. The summed E-state index contributed by atoms with van der Waals surface area (Å²) in [5, 5.41) is 5.29. The molecule has 1 aromatic carbocycles. The highest BCUT2D eigenvalue weighted by molar-refractivity contribution is 7.10. The Balaban J connectivity index is 2.16. The summed E-state index contributed by atoms with van der Waals surface area (Å²) < 4.78 is 27.4. The molecule has 0 aliphatic carbocycles. The summed E-state index contributed by atoms with van der Waals surface area (Å²) in [6.45, 7) is 5.43. The first-order chi connectivity index (χ1) is 8.99. The highest BCUT2D eigenvalue weighted by Crippen LogP contribution is 2.25. The maximum Gasteiger partial charge on any atom is 0.128 e. The molecule has 2 atom stereocenters. The van der Waals surface area contributed by atoms with Crippen molar-refractivity contribution in [3.8, 4) is 0 Å². The molecule has 1 aromatic heterocycles. The van der Waals surface area contributed by atoms with E-state index in [4.69, 9.17) is 0 Å². The van der Waals surface area contributed by atoms with Crippen molar-refractivity contribution in [3.63, 3.8) is 0 Å². The average molecular weight is 281 g/mol. The molecule has 0 amide bonds. The molecule has 0 aliphatic heterocycles. The minimum atomic E-state index is -0.367. The molecule has 0 spiro atoms. The van der Waals surface area contributed by atoms with Crippen molar-refractivity contribution in [1.29, 1.82) is 0 Å². The number of aryl methyl sites for hydroxylation is 1. The minimum absolute atomic E-state index is 0.110. The molecule has 2 aromatic rings. The fourth-order valence-corrected chi connectivity index (χ4v) is 2.82. The third-order valence-electron chi connectivity index (χ3n) is 3.21. The first-order valence-corrected chi connectivity index (χ1v) is 7.12. The second kappa shape index (κ2) is 5.80. The Morgan fingerprint density at radius 3 is 2.47 bits per heavy atom. The van der Waals surface area contributed by atoms with Crippen molar-refractivity contribution in [2.45, 2.75) is 32.9 Å². The lowest BCUT2D eigenvalue weighted by atomic mass is 10.0. The topological polar surface area (TPSA) is 12.0 Å². The predicted octanol–water partition coefficient (Wildman–Crippen LogP) is 4.75. The molecule has 0 fully saturated rings. The zero-order chi connectivity index (χ0) is 14.0. The standard InChI is InChI=1S/C15H17F2NS/c1-9-7-14(17)12(8-13(9)16)10(2)18-11(3)15-5-4-6-19-15/h4-8,10-11,18H,1-3H3/t10?,11-/m0/s1.